The average Bonchev–Trinajstić information content (AvgIpc) is 3.31. The van der Waals surface area contributed by atoms with Gasteiger partial charge in [-0.05, 0) is 68.5 Å². The van der Waals surface area contributed by atoms with Gasteiger partial charge in [0.25, 0.3) is 0 Å². The van der Waals surface area contributed by atoms with E-state index in [1.807, 2.05) is 0 Å². The highest BCUT2D eigenvalue weighted by Gasteiger charge is 2.34. The zero-order valence-electron chi connectivity index (χ0n) is 16.8. The summed E-state index contributed by atoms with van der Waals surface area (Å²) in [7, 11) is 0. The predicted molar refractivity (Wildman–Crippen MR) is 122 cm³/mol. The van der Waals surface area contributed by atoms with Crippen LogP contribution in [0.15, 0.2) is 84.9 Å². The summed E-state index contributed by atoms with van der Waals surface area (Å²) in [5.41, 5.74) is 14.7. The van der Waals surface area contributed by atoms with Gasteiger partial charge < -0.3 is 0 Å². The molecule has 29 heavy (non-hydrogen) atoms. The molecule has 0 heteroatoms. The van der Waals surface area contributed by atoms with Crippen molar-refractivity contribution in [2.45, 2.75) is 32.1 Å². The third kappa shape index (κ3) is 2.39. The maximum Gasteiger partial charge on any atom is 0.0358 e. The molecule has 0 bridgehead atoms. The molecule has 0 heterocycles. The minimum Gasteiger partial charge on any atom is -0.0651 e. The Hall–Kier alpha value is -3.12. The molecule has 0 radical (unpaired) electrons. The number of benzene rings is 4. The summed E-state index contributed by atoms with van der Waals surface area (Å²) in [5, 5.41) is 0. The Morgan fingerprint density at radius 3 is 2.24 bits per heavy atom. The van der Waals surface area contributed by atoms with Crippen LogP contribution < -0.4 is 0 Å². The van der Waals surface area contributed by atoms with Crippen molar-refractivity contribution in [2.24, 2.45) is 0 Å². The summed E-state index contributed by atoms with van der Waals surface area (Å²) in [5.74, 6) is 0.341. The summed E-state index contributed by atoms with van der Waals surface area (Å²) in [6, 6.07) is 31.8. The highest BCUT2D eigenvalue weighted by molar-refractivity contribution is 5.84. The van der Waals surface area contributed by atoms with Crippen LogP contribution in [0.5, 0.6) is 0 Å². The topological polar surface area (TPSA) is 0 Å². The Bertz CT molecular complexity index is 1240. The van der Waals surface area contributed by atoms with Crippen LogP contribution in [0.25, 0.3) is 22.3 Å². The molecule has 1 unspecified atom stereocenters. The first-order valence-electron chi connectivity index (χ1n) is 10.8. The van der Waals surface area contributed by atoms with E-state index in [-0.39, 0.29) is 0 Å². The van der Waals surface area contributed by atoms with Gasteiger partial charge in [0.05, 0.1) is 0 Å². The zero-order valence-corrected chi connectivity index (χ0v) is 16.8. The van der Waals surface area contributed by atoms with Crippen LogP contribution in [-0.2, 0) is 12.8 Å². The van der Waals surface area contributed by atoms with E-state index in [1.54, 1.807) is 5.56 Å². The van der Waals surface area contributed by atoms with Crippen molar-refractivity contribution in [2.75, 3.05) is 0 Å². The van der Waals surface area contributed by atoms with Gasteiger partial charge in [-0.25, -0.2) is 0 Å². The quantitative estimate of drug-likeness (QED) is 0.304. The van der Waals surface area contributed by atoms with E-state index in [9.17, 15) is 0 Å². The van der Waals surface area contributed by atoms with Crippen LogP contribution in [0, 0.1) is 0 Å². The molecule has 0 spiro atoms. The molecule has 0 aromatic heterocycles. The average molecular weight is 373 g/mol. The van der Waals surface area contributed by atoms with Gasteiger partial charge in [-0.15, -0.1) is 0 Å². The first-order chi connectivity index (χ1) is 14.4. The first-order valence-corrected chi connectivity index (χ1v) is 10.8. The molecule has 140 valence electrons. The fraction of sp³-hybridized carbons (Fsp3) is 0.172. The highest BCUT2D eigenvalue weighted by atomic mass is 14.4. The third-order valence-electron chi connectivity index (χ3n) is 6.76. The van der Waals surface area contributed by atoms with E-state index in [0.29, 0.717) is 5.92 Å². The normalized spacial score (nSPS) is 15.6. The highest BCUT2D eigenvalue weighted by Crippen LogP contribution is 2.52. The minimum atomic E-state index is 0.341. The molecule has 2 aliphatic rings. The van der Waals surface area contributed by atoms with Crippen LogP contribution >= 0.6 is 0 Å². The Morgan fingerprint density at radius 2 is 1.34 bits per heavy atom. The van der Waals surface area contributed by atoms with Gasteiger partial charge in [0, 0.05) is 5.92 Å². The molecule has 2 aliphatic carbocycles. The summed E-state index contributed by atoms with van der Waals surface area (Å²) < 4.78 is 0. The monoisotopic (exact) mass is 372 g/mol. The van der Waals surface area contributed by atoms with Gasteiger partial charge >= 0.3 is 0 Å². The van der Waals surface area contributed by atoms with Gasteiger partial charge in [-0.2, -0.15) is 0 Å². The van der Waals surface area contributed by atoms with Gasteiger partial charge in [-0.3, -0.25) is 0 Å². The lowest BCUT2D eigenvalue weighted by molar-refractivity contribution is 0.883. The van der Waals surface area contributed by atoms with E-state index in [1.165, 1.54) is 56.5 Å². The fourth-order valence-corrected chi connectivity index (χ4v) is 5.60. The Kier molecular flexibility index (Phi) is 3.74. The van der Waals surface area contributed by atoms with Gasteiger partial charge in [-0.1, -0.05) is 98.3 Å². The van der Waals surface area contributed by atoms with Crippen LogP contribution in [-0.4, -0.2) is 0 Å². The Balaban J connectivity index is 1.62. The van der Waals surface area contributed by atoms with Crippen molar-refractivity contribution in [1.82, 2.24) is 0 Å². The van der Waals surface area contributed by atoms with Gasteiger partial charge in [0.2, 0.25) is 0 Å². The second-order valence-corrected chi connectivity index (χ2v) is 8.36. The maximum absolute atomic E-state index is 2.38. The predicted octanol–water partition coefficient (Wildman–Crippen LogP) is 7.37. The van der Waals surface area contributed by atoms with Crippen molar-refractivity contribution < 1.29 is 0 Å². The van der Waals surface area contributed by atoms with Gasteiger partial charge in [0.1, 0.15) is 0 Å². The lowest BCUT2D eigenvalue weighted by Gasteiger charge is -2.21. The molecule has 0 amide bonds. The van der Waals surface area contributed by atoms with Crippen LogP contribution in [0.3, 0.4) is 0 Å². The molecular weight excluding hydrogens is 348 g/mol. The largest absolute Gasteiger partial charge is 0.0651 e. The molecular formula is C29H24. The Morgan fingerprint density at radius 1 is 0.655 bits per heavy atom. The zero-order chi connectivity index (χ0) is 19.4. The second-order valence-electron chi connectivity index (χ2n) is 8.36. The number of hydrogen-bond acceptors (Lipinski definition) is 0. The van der Waals surface area contributed by atoms with E-state index >= 15 is 0 Å². The molecule has 0 fully saturated rings. The van der Waals surface area contributed by atoms with Crippen molar-refractivity contribution in [3.05, 3.63) is 118 Å². The van der Waals surface area contributed by atoms with E-state index in [0.717, 1.165) is 12.8 Å². The molecule has 4 aromatic rings. The lowest BCUT2D eigenvalue weighted by atomic mass is 9.82. The Labute approximate surface area is 172 Å². The molecule has 0 nitrogen and oxygen atoms in total. The van der Waals surface area contributed by atoms with Gasteiger partial charge in [0.15, 0.2) is 0 Å². The van der Waals surface area contributed by atoms with Crippen LogP contribution in [0.1, 0.15) is 52.6 Å². The second kappa shape index (κ2) is 6.46. The smallest absolute Gasteiger partial charge is 0.0358 e. The van der Waals surface area contributed by atoms with E-state index in [4.69, 9.17) is 0 Å². The standard InChI is InChI=1S/C29H24/c1-2-9-19-11-7-16-24-23-13-5-6-14-25(23)29(28(19)24)26-17-8-15-22-21-12-4-3-10-20(21)18-27(22)26/h3-8,10-17,29H,2,9,18H2,1H3. The molecule has 0 saturated heterocycles. The third-order valence-corrected chi connectivity index (χ3v) is 6.76. The summed E-state index contributed by atoms with van der Waals surface area (Å²) >= 11 is 0. The molecule has 1 atom stereocenters. The first kappa shape index (κ1) is 16.8. The number of rotatable bonds is 3. The summed E-state index contributed by atoms with van der Waals surface area (Å²) in [6.45, 7) is 2.29. The van der Waals surface area contributed by atoms with Crippen molar-refractivity contribution in [1.29, 1.82) is 0 Å². The molecule has 0 saturated carbocycles. The molecule has 6 rings (SSSR count). The lowest BCUT2D eigenvalue weighted by Crippen LogP contribution is -2.06. The number of fused-ring (bicyclic) bond motifs is 6. The molecule has 0 N–H and O–H groups in total. The maximum atomic E-state index is 2.38. The SMILES string of the molecule is CCCc1cccc2c1C(c1cccc3c1Cc1ccccc1-3)c1ccccc1-2. The number of aryl methyl sites for hydroxylation is 1. The van der Waals surface area contributed by atoms with E-state index < -0.39 is 0 Å². The number of hydrogen-bond donors (Lipinski definition) is 0. The summed E-state index contributed by atoms with van der Waals surface area (Å²) in [6.07, 6.45) is 3.37. The van der Waals surface area contributed by atoms with Crippen LogP contribution in [0.4, 0.5) is 0 Å². The molecule has 0 aliphatic heterocycles. The fourth-order valence-electron chi connectivity index (χ4n) is 5.60. The van der Waals surface area contributed by atoms with Crippen molar-refractivity contribution >= 4 is 0 Å². The molecule has 4 aromatic carbocycles. The van der Waals surface area contributed by atoms with E-state index in [2.05, 4.69) is 91.9 Å². The van der Waals surface area contributed by atoms with Crippen LogP contribution in [0.2, 0.25) is 0 Å². The minimum absolute atomic E-state index is 0.341. The van der Waals surface area contributed by atoms with Crippen molar-refractivity contribution in [3.8, 4) is 22.3 Å². The summed E-state index contributed by atoms with van der Waals surface area (Å²) in [4.78, 5) is 0. The van der Waals surface area contributed by atoms with Crippen molar-refractivity contribution in [3.63, 3.8) is 0 Å².